The first-order chi connectivity index (χ1) is 8.37. The number of nitrogens with zero attached hydrogens (tertiary/aromatic N) is 3. The van der Waals surface area contributed by atoms with Crippen LogP contribution in [0.3, 0.4) is 0 Å². The Bertz CT molecular complexity index is 687. The summed E-state index contributed by atoms with van der Waals surface area (Å²) in [4.78, 5) is 4.28. The molecule has 98 valence electrons. The van der Waals surface area contributed by atoms with Crippen LogP contribution in [-0.2, 0) is 16.4 Å². The lowest BCUT2D eigenvalue weighted by molar-refractivity contribution is 0.518. The number of sulfonamides is 1. The summed E-state index contributed by atoms with van der Waals surface area (Å²) in [5, 5.41) is 0.132. The molecule has 6 heteroatoms. The molecule has 0 aromatic carbocycles. The van der Waals surface area contributed by atoms with Gasteiger partial charge in [-0.1, -0.05) is 6.92 Å². The van der Waals surface area contributed by atoms with Crippen molar-refractivity contribution < 1.29 is 8.42 Å². The van der Waals surface area contributed by atoms with Gasteiger partial charge in [-0.15, -0.1) is 0 Å². The molecule has 5 nitrogen and oxygen atoms in total. The second-order valence-corrected chi connectivity index (χ2v) is 6.50. The maximum absolute atomic E-state index is 12.2. The van der Waals surface area contributed by atoms with Gasteiger partial charge < -0.3 is 4.40 Å². The van der Waals surface area contributed by atoms with Crippen molar-refractivity contribution in [1.29, 1.82) is 0 Å². The summed E-state index contributed by atoms with van der Waals surface area (Å²) >= 11 is 0. The van der Waals surface area contributed by atoms with E-state index in [0.717, 1.165) is 11.4 Å². The highest BCUT2D eigenvalue weighted by molar-refractivity contribution is 7.89. The van der Waals surface area contributed by atoms with Gasteiger partial charge in [0.25, 0.3) is 10.0 Å². The van der Waals surface area contributed by atoms with Crippen LogP contribution in [-0.4, -0.2) is 36.2 Å². The highest BCUT2D eigenvalue weighted by Crippen LogP contribution is 2.21. The minimum absolute atomic E-state index is 0.132. The van der Waals surface area contributed by atoms with Gasteiger partial charge in [-0.05, 0) is 24.6 Å². The minimum atomic E-state index is -3.51. The fourth-order valence-corrected chi connectivity index (χ4v) is 2.82. The van der Waals surface area contributed by atoms with Crippen molar-refractivity contribution in [3.63, 3.8) is 0 Å². The Labute approximate surface area is 107 Å². The van der Waals surface area contributed by atoms with Crippen molar-refractivity contribution in [1.82, 2.24) is 13.7 Å². The van der Waals surface area contributed by atoms with E-state index in [2.05, 4.69) is 4.98 Å². The van der Waals surface area contributed by atoms with E-state index in [1.165, 1.54) is 18.4 Å². The van der Waals surface area contributed by atoms with Crippen LogP contribution < -0.4 is 0 Å². The van der Waals surface area contributed by atoms with Crippen molar-refractivity contribution in [3.05, 3.63) is 29.7 Å². The zero-order valence-electron chi connectivity index (χ0n) is 11.0. The first-order valence-corrected chi connectivity index (χ1v) is 7.22. The predicted molar refractivity (Wildman–Crippen MR) is 70.2 cm³/mol. The summed E-state index contributed by atoms with van der Waals surface area (Å²) < 4.78 is 27.5. The van der Waals surface area contributed by atoms with Gasteiger partial charge in [-0.3, -0.25) is 0 Å². The zero-order chi connectivity index (χ0) is 13.5. The molecule has 0 saturated heterocycles. The summed E-state index contributed by atoms with van der Waals surface area (Å²) in [5.41, 5.74) is 1.65. The normalized spacial score (nSPS) is 12.5. The summed E-state index contributed by atoms with van der Waals surface area (Å²) in [6.07, 6.45) is 2.55. The lowest BCUT2D eigenvalue weighted by Crippen LogP contribution is -2.22. The first kappa shape index (κ1) is 13.0. The van der Waals surface area contributed by atoms with Gasteiger partial charge in [0.05, 0.1) is 5.52 Å². The molecule has 2 aromatic rings. The number of imidazole rings is 1. The Morgan fingerprint density at radius 3 is 2.61 bits per heavy atom. The molecule has 0 aliphatic heterocycles. The Morgan fingerprint density at radius 2 is 2.06 bits per heavy atom. The summed E-state index contributed by atoms with van der Waals surface area (Å²) in [5.74, 6) is 0.755. The van der Waals surface area contributed by atoms with Gasteiger partial charge >= 0.3 is 0 Å². The van der Waals surface area contributed by atoms with Crippen LogP contribution in [0.2, 0.25) is 0 Å². The van der Waals surface area contributed by atoms with E-state index in [9.17, 15) is 8.42 Å². The number of hydrogen-bond acceptors (Lipinski definition) is 3. The number of aryl methyl sites for hydroxylation is 2. The van der Waals surface area contributed by atoms with E-state index in [4.69, 9.17) is 0 Å². The monoisotopic (exact) mass is 267 g/mol. The smallest absolute Gasteiger partial charge is 0.262 e. The number of hydrogen-bond donors (Lipinski definition) is 0. The maximum atomic E-state index is 12.2. The molecule has 2 rings (SSSR count). The minimum Gasteiger partial charge on any atom is -0.302 e. The van der Waals surface area contributed by atoms with E-state index in [-0.39, 0.29) is 5.03 Å². The molecule has 0 saturated carbocycles. The Hall–Kier alpha value is -1.40. The molecule has 0 aliphatic carbocycles. The molecule has 0 bridgehead atoms. The second-order valence-electron chi connectivity index (χ2n) is 4.43. The molecule has 0 aliphatic rings. The molecule has 0 atom stereocenters. The molecule has 2 aromatic heterocycles. The summed E-state index contributed by atoms with van der Waals surface area (Å²) in [6, 6.07) is 3.79. The van der Waals surface area contributed by atoms with Gasteiger partial charge in [0.15, 0.2) is 5.03 Å². The highest BCUT2D eigenvalue weighted by atomic mass is 32.2. The molecule has 0 amide bonds. The fourth-order valence-electron chi connectivity index (χ4n) is 1.84. The SMILES string of the molecule is CCc1nc(S(=O)(=O)N(C)C)c2cc(C)ccn12. The Morgan fingerprint density at radius 1 is 1.39 bits per heavy atom. The topological polar surface area (TPSA) is 54.7 Å². The summed E-state index contributed by atoms with van der Waals surface area (Å²) in [7, 11) is -0.477. The fraction of sp³-hybridized carbons (Fsp3) is 0.417. The van der Waals surface area contributed by atoms with Crippen LogP contribution in [0.15, 0.2) is 23.4 Å². The third kappa shape index (κ3) is 1.91. The lowest BCUT2D eigenvalue weighted by Gasteiger charge is -2.09. The van der Waals surface area contributed by atoms with Crippen molar-refractivity contribution in [2.75, 3.05) is 14.1 Å². The zero-order valence-corrected chi connectivity index (χ0v) is 11.8. The van der Waals surface area contributed by atoms with Crippen LogP contribution in [0.1, 0.15) is 18.3 Å². The number of fused-ring (bicyclic) bond motifs is 1. The van der Waals surface area contributed by atoms with E-state index in [0.29, 0.717) is 11.9 Å². The van der Waals surface area contributed by atoms with Crippen LogP contribution in [0.25, 0.3) is 5.52 Å². The summed E-state index contributed by atoms with van der Waals surface area (Å²) in [6.45, 7) is 3.89. The molecule has 0 N–H and O–H groups in total. The molecule has 0 unspecified atom stereocenters. The third-order valence-corrected chi connectivity index (χ3v) is 4.63. The molecule has 0 fully saturated rings. The largest absolute Gasteiger partial charge is 0.302 e. The molecular weight excluding hydrogens is 250 g/mol. The van der Waals surface area contributed by atoms with Crippen LogP contribution in [0.5, 0.6) is 0 Å². The van der Waals surface area contributed by atoms with Crippen LogP contribution >= 0.6 is 0 Å². The molecule has 0 radical (unpaired) electrons. The Balaban J connectivity index is 2.84. The molecule has 18 heavy (non-hydrogen) atoms. The molecular formula is C12H17N3O2S. The van der Waals surface area contributed by atoms with Gasteiger partial charge in [-0.25, -0.2) is 17.7 Å². The second kappa shape index (κ2) is 4.37. The van der Waals surface area contributed by atoms with E-state index in [1.54, 1.807) is 0 Å². The first-order valence-electron chi connectivity index (χ1n) is 5.78. The van der Waals surface area contributed by atoms with Crippen molar-refractivity contribution in [2.45, 2.75) is 25.3 Å². The Kier molecular flexibility index (Phi) is 3.16. The molecule has 0 spiro atoms. The molecule has 2 heterocycles. The average Bonchev–Trinajstić information content (AvgIpc) is 2.67. The van der Waals surface area contributed by atoms with Crippen LogP contribution in [0, 0.1) is 6.92 Å². The standard InChI is InChI=1S/C12H17N3O2S/c1-5-11-13-12(18(16,17)14(3)4)10-8-9(2)6-7-15(10)11/h6-8H,5H2,1-4H3. The van der Waals surface area contributed by atoms with Crippen molar-refractivity contribution in [3.8, 4) is 0 Å². The average molecular weight is 267 g/mol. The van der Waals surface area contributed by atoms with E-state index < -0.39 is 10.0 Å². The van der Waals surface area contributed by atoms with Crippen LogP contribution in [0.4, 0.5) is 0 Å². The van der Waals surface area contributed by atoms with E-state index in [1.807, 2.05) is 36.6 Å². The van der Waals surface area contributed by atoms with Crippen molar-refractivity contribution in [2.24, 2.45) is 0 Å². The predicted octanol–water partition coefficient (Wildman–Crippen LogP) is 1.46. The highest BCUT2D eigenvalue weighted by Gasteiger charge is 2.25. The maximum Gasteiger partial charge on any atom is 0.262 e. The number of pyridine rings is 1. The quantitative estimate of drug-likeness (QED) is 0.846. The van der Waals surface area contributed by atoms with Gasteiger partial charge in [0.2, 0.25) is 0 Å². The lowest BCUT2D eigenvalue weighted by atomic mass is 10.3. The number of aromatic nitrogens is 2. The van der Waals surface area contributed by atoms with E-state index >= 15 is 0 Å². The van der Waals surface area contributed by atoms with Gasteiger partial charge in [0.1, 0.15) is 5.82 Å². The van der Waals surface area contributed by atoms with Gasteiger partial charge in [-0.2, -0.15) is 0 Å². The number of rotatable bonds is 3. The van der Waals surface area contributed by atoms with Gasteiger partial charge in [0, 0.05) is 26.7 Å². The van der Waals surface area contributed by atoms with Crippen molar-refractivity contribution >= 4 is 15.5 Å². The third-order valence-electron chi connectivity index (χ3n) is 2.88.